The maximum absolute atomic E-state index is 12.6. The molecule has 0 saturated carbocycles. The molecule has 0 aliphatic carbocycles. The van der Waals surface area contributed by atoms with Gasteiger partial charge >= 0.3 is 0 Å². The average Bonchev–Trinajstić information content (AvgIpc) is 3.41. The molecular formula is C19H15N5O2S4. The molecule has 1 amide bonds. The molecule has 7 nitrogen and oxygen atoms in total. The minimum absolute atomic E-state index is 0.225. The summed E-state index contributed by atoms with van der Waals surface area (Å²) in [5.41, 5.74) is 0.663. The summed E-state index contributed by atoms with van der Waals surface area (Å²) in [6.45, 7) is 3.95. The molecule has 152 valence electrons. The van der Waals surface area contributed by atoms with Crippen LogP contribution in [0.2, 0.25) is 0 Å². The fraction of sp³-hybridized carbons (Fsp3) is 0.105. The van der Waals surface area contributed by atoms with E-state index in [1.54, 1.807) is 47.4 Å². The number of rotatable bonds is 7. The Morgan fingerprint density at radius 2 is 2.23 bits per heavy atom. The second kappa shape index (κ2) is 9.04. The zero-order valence-corrected chi connectivity index (χ0v) is 18.7. The van der Waals surface area contributed by atoms with Crippen LogP contribution in [0.4, 0.5) is 5.13 Å². The number of benzene rings is 1. The number of thioether (sulfide) groups is 1. The summed E-state index contributed by atoms with van der Waals surface area (Å²) in [5, 5.41) is 13.8. The number of hydrogen-bond donors (Lipinski definition) is 2. The van der Waals surface area contributed by atoms with Gasteiger partial charge in [-0.05, 0) is 41.9 Å². The lowest BCUT2D eigenvalue weighted by Gasteiger charge is -2.07. The molecule has 2 N–H and O–H groups in total. The van der Waals surface area contributed by atoms with Gasteiger partial charge in [0.1, 0.15) is 0 Å². The SMILES string of the molecule is C=CCn1c(=S)[nH]c2cc(C(=O)Nc3nnc(SCc4cccs4)s3)ccc2c1=O. The van der Waals surface area contributed by atoms with E-state index < -0.39 is 0 Å². The largest absolute Gasteiger partial charge is 0.332 e. The highest BCUT2D eigenvalue weighted by molar-refractivity contribution is 8.00. The third-order valence-electron chi connectivity index (χ3n) is 4.10. The maximum atomic E-state index is 12.6. The van der Waals surface area contributed by atoms with Crippen molar-refractivity contribution in [3.05, 3.63) is 73.9 Å². The number of aromatic amines is 1. The van der Waals surface area contributed by atoms with Crippen LogP contribution in [0.25, 0.3) is 10.9 Å². The lowest BCUT2D eigenvalue weighted by Crippen LogP contribution is -2.22. The van der Waals surface area contributed by atoms with Gasteiger partial charge in [0.2, 0.25) is 5.13 Å². The van der Waals surface area contributed by atoms with Crippen LogP contribution in [0, 0.1) is 4.77 Å². The maximum Gasteiger partial charge on any atom is 0.262 e. The normalized spacial score (nSPS) is 10.9. The average molecular weight is 474 g/mol. The Morgan fingerprint density at radius 3 is 3.00 bits per heavy atom. The molecule has 3 aromatic heterocycles. The summed E-state index contributed by atoms with van der Waals surface area (Å²) in [6, 6.07) is 8.89. The van der Waals surface area contributed by atoms with Crippen molar-refractivity contribution in [2.24, 2.45) is 0 Å². The highest BCUT2D eigenvalue weighted by Crippen LogP contribution is 2.29. The zero-order chi connectivity index (χ0) is 21.1. The van der Waals surface area contributed by atoms with Gasteiger partial charge in [-0.3, -0.25) is 19.5 Å². The Morgan fingerprint density at radius 1 is 1.37 bits per heavy atom. The molecule has 0 unspecified atom stereocenters. The second-order valence-corrected chi connectivity index (χ2v) is 9.71. The molecule has 0 saturated heterocycles. The van der Waals surface area contributed by atoms with Crippen LogP contribution < -0.4 is 10.9 Å². The Balaban J connectivity index is 1.51. The number of anilines is 1. The summed E-state index contributed by atoms with van der Waals surface area (Å²) >= 11 is 9.83. The van der Waals surface area contributed by atoms with E-state index >= 15 is 0 Å². The molecule has 4 rings (SSSR count). The summed E-state index contributed by atoms with van der Waals surface area (Å²) in [7, 11) is 0. The molecule has 0 bridgehead atoms. The van der Waals surface area contributed by atoms with E-state index in [1.807, 2.05) is 11.4 Å². The van der Waals surface area contributed by atoms with Crippen LogP contribution in [0.5, 0.6) is 0 Å². The molecule has 0 fully saturated rings. The van der Waals surface area contributed by atoms with Gasteiger partial charge in [-0.25, -0.2) is 0 Å². The van der Waals surface area contributed by atoms with E-state index in [1.165, 1.54) is 20.8 Å². The van der Waals surface area contributed by atoms with E-state index in [0.717, 1.165) is 10.1 Å². The number of hydrogen-bond acceptors (Lipinski definition) is 8. The van der Waals surface area contributed by atoms with Crippen LogP contribution in [-0.4, -0.2) is 25.7 Å². The number of thiophene rings is 1. The first-order valence-corrected chi connectivity index (χ1v) is 11.8. The topological polar surface area (TPSA) is 92.7 Å². The van der Waals surface area contributed by atoms with Gasteiger partial charge in [0.15, 0.2) is 9.11 Å². The van der Waals surface area contributed by atoms with Gasteiger partial charge in [0, 0.05) is 22.7 Å². The molecule has 0 aliphatic rings. The summed E-state index contributed by atoms with van der Waals surface area (Å²) < 4.78 is 2.48. The van der Waals surface area contributed by atoms with Gasteiger partial charge in [-0.15, -0.1) is 28.1 Å². The first kappa shape index (κ1) is 20.7. The minimum Gasteiger partial charge on any atom is -0.332 e. The van der Waals surface area contributed by atoms with Gasteiger partial charge in [-0.2, -0.15) is 0 Å². The Kier molecular flexibility index (Phi) is 6.23. The zero-order valence-electron chi connectivity index (χ0n) is 15.5. The van der Waals surface area contributed by atoms with Crippen molar-refractivity contribution in [3.63, 3.8) is 0 Å². The predicted molar refractivity (Wildman–Crippen MR) is 125 cm³/mol. The Bertz CT molecular complexity index is 1340. The standard InChI is InChI=1S/C19H15N5O2S4/c1-2-7-24-16(26)13-6-5-11(9-14(13)20-18(24)27)15(25)21-17-22-23-19(30-17)29-10-12-4-3-8-28-12/h2-6,8-9H,1,7,10H2,(H,20,27)(H,21,22,25). The quantitative estimate of drug-likeness (QED) is 0.175. The fourth-order valence-electron chi connectivity index (χ4n) is 2.71. The van der Waals surface area contributed by atoms with Crippen LogP contribution in [0.15, 0.2) is 57.5 Å². The third kappa shape index (κ3) is 4.43. The van der Waals surface area contributed by atoms with Gasteiger partial charge in [0.25, 0.3) is 11.5 Å². The number of nitrogens with zero attached hydrogens (tertiary/aromatic N) is 3. The number of H-pyrrole nitrogens is 1. The van der Waals surface area contributed by atoms with E-state index in [4.69, 9.17) is 12.2 Å². The van der Waals surface area contributed by atoms with Crippen molar-refractivity contribution in [3.8, 4) is 0 Å². The van der Waals surface area contributed by atoms with Crippen LogP contribution in [0.3, 0.4) is 0 Å². The van der Waals surface area contributed by atoms with Crippen molar-refractivity contribution in [1.82, 2.24) is 19.7 Å². The van der Waals surface area contributed by atoms with Gasteiger partial charge in [0.05, 0.1) is 10.9 Å². The highest BCUT2D eigenvalue weighted by Gasteiger charge is 2.13. The van der Waals surface area contributed by atoms with E-state index in [0.29, 0.717) is 28.1 Å². The molecule has 0 aliphatic heterocycles. The van der Waals surface area contributed by atoms with Gasteiger partial charge < -0.3 is 4.98 Å². The van der Waals surface area contributed by atoms with E-state index in [2.05, 4.69) is 33.1 Å². The molecule has 30 heavy (non-hydrogen) atoms. The summed E-state index contributed by atoms with van der Waals surface area (Å²) in [4.78, 5) is 29.5. The van der Waals surface area contributed by atoms with Gasteiger partial charge in [-0.1, -0.05) is 35.2 Å². The van der Waals surface area contributed by atoms with Crippen molar-refractivity contribution in [2.45, 2.75) is 16.6 Å². The molecule has 0 spiro atoms. The first-order chi connectivity index (χ1) is 14.5. The van der Waals surface area contributed by atoms with Crippen molar-refractivity contribution < 1.29 is 4.79 Å². The number of fused-ring (bicyclic) bond motifs is 1. The minimum atomic E-state index is -0.336. The molecule has 11 heteroatoms. The lowest BCUT2D eigenvalue weighted by molar-refractivity contribution is 0.102. The summed E-state index contributed by atoms with van der Waals surface area (Å²) in [5.74, 6) is 0.477. The molecule has 1 aromatic carbocycles. The van der Waals surface area contributed by atoms with E-state index in [9.17, 15) is 9.59 Å². The second-order valence-electron chi connectivity index (χ2n) is 6.09. The number of nitrogens with one attached hydrogen (secondary N) is 2. The Labute approximate surface area is 188 Å². The van der Waals surface area contributed by atoms with Crippen LogP contribution >= 0.6 is 46.7 Å². The number of carbonyl (C=O) groups excluding carboxylic acids is 1. The molecule has 3 heterocycles. The molecule has 0 radical (unpaired) electrons. The van der Waals surface area contributed by atoms with E-state index in [-0.39, 0.29) is 16.2 Å². The molecule has 4 aromatic rings. The Hall–Kier alpha value is -2.60. The highest BCUT2D eigenvalue weighted by atomic mass is 32.2. The fourth-order valence-corrected chi connectivity index (χ4v) is 5.49. The number of aromatic nitrogens is 4. The number of allylic oxidation sites excluding steroid dienone is 1. The first-order valence-electron chi connectivity index (χ1n) is 8.73. The monoisotopic (exact) mass is 473 g/mol. The van der Waals surface area contributed by atoms with Crippen molar-refractivity contribution >= 4 is 68.6 Å². The number of carbonyl (C=O) groups is 1. The van der Waals surface area contributed by atoms with Crippen LogP contribution in [-0.2, 0) is 12.3 Å². The predicted octanol–water partition coefficient (Wildman–Crippen LogP) is 4.70. The summed E-state index contributed by atoms with van der Waals surface area (Å²) in [6.07, 6.45) is 1.60. The molecule has 0 atom stereocenters. The third-order valence-corrected chi connectivity index (χ3v) is 7.50. The lowest BCUT2D eigenvalue weighted by atomic mass is 10.1. The number of amides is 1. The smallest absolute Gasteiger partial charge is 0.262 e. The van der Waals surface area contributed by atoms with Crippen molar-refractivity contribution in [2.75, 3.05) is 5.32 Å². The van der Waals surface area contributed by atoms with Crippen LogP contribution in [0.1, 0.15) is 15.2 Å². The van der Waals surface area contributed by atoms with Crippen molar-refractivity contribution in [1.29, 1.82) is 0 Å². The molecular weight excluding hydrogens is 459 g/mol.